The van der Waals surface area contributed by atoms with Gasteiger partial charge in [-0.25, -0.2) is 0 Å². The zero-order chi connectivity index (χ0) is 17.8. The number of rotatable bonds is 6. The molecule has 0 spiro atoms. The van der Waals surface area contributed by atoms with Crippen molar-refractivity contribution in [2.75, 3.05) is 26.7 Å². The monoisotopic (exact) mass is 343 g/mol. The smallest absolute Gasteiger partial charge is 0.256 e. The lowest BCUT2D eigenvalue weighted by Gasteiger charge is -2.28. The number of benzene rings is 1. The highest BCUT2D eigenvalue weighted by atomic mass is 16.5. The second-order valence-corrected chi connectivity index (χ2v) is 6.44. The van der Waals surface area contributed by atoms with E-state index in [-0.39, 0.29) is 11.9 Å². The molecule has 2 heterocycles. The van der Waals surface area contributed by atoms with E-state index in [1.807, 2.05) is 12.1 Å². The van der Waals surface area contributed by atoms with Gasteiger partial charge in [-0.1, -0.05) is 17.3 Å². The van der Waals surface area contributed by atoms with Gasteiger partial charge in [0.1, 0.15) is 17.1 Å². The molecule has 1 fully saturated rings. The number of carbonyl (C=O) groups excluding carboxylic acids is 1. The maximum absolute atomic E-state index is 12.5. The number of carbonyl (C=O) groups is 1. The van der Waals surface area contributed by atoms with Gasteiger partial charge in [0.2, 0.25) is 0 Å². The highest BCUT2D eigenvalue weighted by Gasteiger charge is 2.25. The molecule has 6 nitrogen and oxygen atoms in total. The van der Waals surface area contributed by atoms with Crippen LogP contribution in [0.3, 0.4) is 0 Å². The van der Waals surface area contributed by atoms with E-state index >= 15 is 0 Å². The first-order valence-corrected chi connectivity index (χ1v) is 8.69. The molecule has 1 amide bonds. The topological polar surface area (TPSA) is 67.6 Å². The van der Waals surface area contributed by atoms with Crippen LogP contribution >= 0.6 is 0 Å². The molecule has 3 rings (SSSR count). The fraction of sp³-hybridized carbons (Fsp3) is 0.474. The summed E-state index contributed by atoms with van der Waals surface area (Å²) in [5.41, 5.74) is 2.34. The number of nitrogens with one attached hydrogen (secondary N) is 1. The Labute approximate surface area is 148 Å². The lowest BCUT2D eigenvalue weighted by atomic mass is 10.0. The average molecular weight is 343 g/mol. The van der Waals surface area contributed by atoms with E-state index in [4.69, 9.17) is 9.26 Å². The highest BCUT2D eigenvalue weighted by Crippen LogP contribution is 2.26. The zero-order valence-electron chi connectivity index (χ0n) is 15.0. The molecule has 0 aliphatic carbocycles. The number of hydrogen-bond donors (Lipinski definition) is 1. The molecule has 0 radical (unpaired) electrons. The minimum absolute atomic E-state index is 0.131. The van der Waals surface area contributed by atoms with Gasteiger partial charge in [0.25, 0.3) is 5.91 Å². The molecule has 0 unspecified atom stereocenters. The molecule has 1 saturated heterocycles. The molecule has 6 heteroatoms. The SMILES string of the molecule is COc1ccc([C@@H](CNC(=O)c2c(C)noc2C)N2CCCC2)cc1. The maximum Gasteiger partial charge on any atom is 0.256 e. The van der Waals surface area contributed by atoms with Gasteiger partial charge in [0, 0.05) is 6.54 Å². The molecule has 1 N–H and O–H groups in total. The van der Waals surface area contributed by atoms with Crippen molar-refractivity contribution in [1.29, 1.82) is 0 Å². The fourth-order valence-electron chi connectivity index (χ4n) is 3.42. The Morgan fingerprint density at radius 1 is 1.28 bits per heavy atom. The first-order valence-electron chi connectivity index (χ1n) is 8.69. The van der Waals surface area contributed by atoms with Crippen LogP contribution in [0.4, 0.5) is 0 Å². The average Bonchev–Trinajstić information content (AvgIpc) is 3.26. The van der Waals surface area contributed by atoms with Crippen LogP contribution in [0.25, 0.3) is 0 Å². The van der Waals surface area contributed by atoms with Crippen LogP contribution < -0.4 is 10.1 Å². The van der Waals surface area contributed by atoms with E-state index in [9.17, 15) is 4.79 Å². The molecular weight excluding hydrogens is 318 g/mol. The van der Waals surface area contributed by atoms with Crippen LogP contribution in [0.15, 0.2) is 28.8 Å². The van der Waals surface area contributed by atoms with Crippen molar-refractivity contribution in [3.8, 4) is 5.75 Å². The minimum atomic E-state index is -0.131. The number of hydrogen-bond acceptors (Lipinski definition) is 5. The lowest BCUT2D eigenvalue weighted by Crippen LogP contribution is -2.37. The summed E-state index contributed by atoms with van der Waals surface area (Å²) in [6.45, 7) is 6.20. The van der Waals surface area contributed by atoms with Gasteiger partial charge in [0.15, 0.2) is 0 Å². The van der Waals surface area contributed by atoms with Crippen molar-refractivity contribution in [2.45, 2.75) is 32.7 Å². The summed E-state index contributed by atoms with van der Waals surface area (Å²) in [5.74, 6) is 1.26. The number of nitrogens with zero attached hydrogens (tertiary/aromatic N) is 2. The Kier molecular flexibility index (Phi) is 5.38. The molecule has 1 aromatic heterocycles. The third-order valence-corrected chi connectivity index (χ3v) is 4.80. The Morgan fingerprint density at radius 2 is 1.96 bits per heavy atom. The maximum atomic E-state index is 12.5. The van der Waals surface area contributed by atoms with E-state index < -0.39 is 0 Å². The van der Waals surface area contributed by atoms with E-state index in [1.54, 1.807) is 21.0 Å². The third kappa shape index (κ3) is 3.85. The van der Waals surface area contributed by atoms with E-state index in [1.165, 1.54) is 18.4 Å². The molecule has 1 aliphatic rings. The zero-order valence-corrected chi connectivity index (χ0v) is 15.0. The standard InChI is InChI=1S/C19H25N3O3/c1-13-18(14(2)25-21-13)19(23)20-12-17(22-10-4-5-11-22)15-6-8-16(24-3)9-7-15/h6-9,17H,4-5,10-12H2,1-3H3,(H,20,23)/t17-/m1/s1. The summed E-state index contributed by atoms with van der Waals surface area (Å²) >= 11 is 0. The molecule has 2 aromatic rings. The Bertz CT molecular complexity index is 699. The van der Waals surface area contributed by atoms with Gasteiger partial charge in [-0.15, -0.1) is 0 Å². The van der Waals surface area contributed by atoms with Crippen LogP contribution in [0.5, 0.6) is 5.75 Å². The van der Waals surface area contributed by atoms with E-state index in [0.29, 0.717) is 23.6 Å². The van der Waals surface area contributed by atoms with Gasteiger partial charge >= 0.3 is 0 Å². The molecule has 134 valence electrons. The predicted molar refractivity (Wildman–Crippen MR) is 94.9 cm³/mol. The predicted octanol–water partition coefficient (Wildman–Crippen LogP) is 2.87. The van der Waals surface area contributed by atoms with E-state index in [0.717, 1.165) is 18.8 Å². The van der Waals surface area contributed by atoms with Crippen LogP contribution in [0.1, 0.15) is 46.3 Å². The number of aryl methyl sites for hydroxylation is 2. The summed E-state index contributed by atoms with van der Waals surface area (Å²) in [6, 6.07) is 8.23. The first-order chi connectivity index (χ1) is 12.1. The van der Waals surface area contributed by atoms with Gasteiger partial charge in [-0.05, 0) is 57.5 Å². The van der Waals surface area contributed by atoms with Crippen molar-refractivity contribution in [1.82, 2.24) is 15.4 Å². The van der Waals surface area contributed by atoms with Gasteiger partial charge in [-0.3, -0.25) is 9.69 Å². The quantitative estimate of drug-likeness (QED) is 0.873. The molecule has 25 heavy (non-hydrogen) atoms. The van der Waals surface area contributed by atoms with Crippen molar-refractivity contribution in [3.63, 3.8) is 0 Å². The van der Waals surface area contributed by atoms with Crippen LogP contribution in [0.2, 0.25) is 0 Å². The number of amides is 1. The number of likely N-dealkylation sites (tertiary alicyclic amines) is 1. The lowest BCUT2D eigenvalue weighted by molar-refractivity contribution is 0.0936. The number of methoxy groups -OCH3 is 1. The van der Waals surface area contributed by atoms with Gasteiger partial charge < -0.3 is 14.6 Å². The van der Waals surface area contributed by atoms with Crippen molar-refractivity contribution in [2.24, 2.45) is 0 Å². The van der Waals surface area contributed by atoms with E-state index in [2.05, 4.69) is 27.5 Å². The Morgan fingerprint density at radius 3 is 2.52 bits per heavy atom. The fourth-order valence-corrected chi connectivity index (χ4v) is 3.42. The summed E-state index contributed by atoms with van der Waals surface area (Å²) < 4.78 is 10.3. The third-order valence-electron chi connectivity index (χ3n) is 4.80. The highest BCUT2D eigenvalue weighted by molar-refractivity contribution is 5.96. The minimum Gasteiger partial charge on any atom is -0.497 e. The largest absolute Gasteiger partial charge is 0.497 e. The van der Waals surface area contributed by atoms with Crippen molar-refractivity contribution < 1.29 is 14.1 Å². The summed E-state index contributed by atoms with van der Waals surface area (Å²) in [4.78, 5) is 15.0. The van der Waals surface area contributed by atoms with Crippen molar-refractivity contribution in [3.05, 3.63) is 46.8 Å². The Hall–Kier alpha value is -2.34. The van der Waals surface area contributed by atoms with Crippen LogP contribution in [-0.4, -0.2) is 42.7 Å². The summed E-state index contributed by atoms with van der Waals surface area (Å²) in [6.07, 6.45) is 2.40. The molecular formula is C19H25N3O3. The van der Waals surface area contributed by atoms with Gasteiger partial charge in [0.05, 0.1) is 18.8 Å². The molecule has 0 bridgehead atoms. The second-order valence-electron chi connectivity index (χ2n) is 6.44. The molecule has 1 aromatic carbocycles. The summed E-state index contributed by atoms with van der Waals surface area (Å²) in [5, 5.41) is 6.92. The second kappa shape index (κ2) is 7.70. The number of aromatic nitrogens is 1. The first kappa shape index (κ1) is 17.5. The van der Waals surface area contributed by atoms with Gasteiger partial charge in [-0.2, -0.15) is 0 Å². The number of ether oxygens (including phenoxy) is 1. The summed E-state index contributed by atoms with van der Waals surface area (Å²) in [7, 11) is 1.66. The van der Waals surface area contributed by atoms with Crippen molar-refractivity contribution >= 4 is 5.91 Å². The molecule has 0 saturated carbocycles. The Balaban J connectivity index is 1.74. The normalized spacial score (nSPS) is 16.0. The molecule has 1 atom stereocenters. The van der Waals surface area contributed by atoms with Crippen LogP contribution in [0, 0.1) is 13.8 Å². The molecule has 1 aliphatic heterocycles. The van der Waals surface area contributed by atoms with Crippen LogP contribution in [-0.2, 0) is 0 Å².